The zero-order valence-electron chi connectivity index (χ0n) is 13.9. The zero-order valence-corrected chi connectivity index (χ0v) is 13.9. The number of nitrogens with two attached hydrogens (primary N) is 1. The molecule has 1 saturated heterocycles. The predicted molar refractivity (Wildman–Crippen MR) is 81.8 cm³/mol. The first kappa shape index (κ1) is 17.8. The van der Waals surface area contributed by atoms with Gasteiger partial charge in [0.1, 0.15) is 5.60 Å². The average molecular weight is 299 g/mol. The Hall–Kier alpha value is -1.30. The van der Waals surface area contributed by atoms with Crippen molar-refractivity contribution in [3.05, 3.63) is 0 Å². The van der Waals surface area contributed by atoms with Crippen LogP contribution in [0.15, 0.2) is 0 Å². The summed E-state index contributed by atoms with van der Waals surface area (Å²) in [5.41, 5.74) is 5.16. The number of nitrogens with zero attached hydrogens (tertiary/aromatic N) is 2. The number of rotatable bonds is 3. The van der Waals surface area contributed by atoms with Crippen LogP contribution in [0.1, 0.15) is 40.5 Å². The molecule has 122 valence electrons. The molecule has 0 aromatic rings. The van der Waals surface area contributed by atoms with Gasteiger partial charge in [0.05, 0.1) is 6.04 Å². The number of hydrogen-bond acceptors (Lipinski definition) is 4. The molecule has 0 bridgehead atoms. The molecule has 1 aliphatic rings. The van der Waals surface area contributed by atoms with Gasteiger partial charge in [-0.3, -0.25) is 4.79 Å². The SMILES string of the molecule is C[C@H](N)C(=O)N1CCC[C@@H](CN(C)C(=O)OC(C)(C)C)C1. The first-order valence-electron chi connectivity index (χ1n) is 7.58. The van der Waals surface area contributed by atoms with Crippen LogP contribution in [-0.2, 0) is 9.53 Å². The van der Waals surface area contributed by atoms with Crippen LogP contribution >= 0.6 is 0 Å². The maximum atomic E-state index is 12.0. The Morgan fingerprint density at radius 2 is 2.05 bits per heavy atom. The van der Waals surface area contributed by atoms with Crippen molar-refractivity contribution >= 4 is 12.0 Å². The molecular weight excluding hydrogens is 270 g/mol. The van der Waals surface area contributed by atoms with Crippen molar-refractivity contribution in [1.29, 1.82) is 0 Å². The van der Waals surface area contributed by atoms with Crippen LogP contribution in [0, 0.1) is 5.92 Å². The van der Waals surface area contributed by atoms with Gasteiger partial charge >= 0.3 is 6.09 Å². The van der Waals surface area contributed by atoms with Crippen molar-refractivity contribution in [2.45, 2.75) is 52.2 Å². The van der Waals surface area contributed by atoms with Gasteiger partial charge in [0, 0.05) is 26.7 Å². The minimum Gasteiger partial charge on any atom is -0.444 e. The van der Waals surface area contributed by atoms with E-state index in [9.17, 15) is 9.59 Å². The van der Waals surface area contributed by atoms with Crippen molar-refractivity contribution in [3.8, 4) is 0 Å². The standard InChI is InChI=1S/C15H29N3O3/c1-11(16)13(19)18-8-6-7-12(10-18)9-17(5)14(20)21-15(2,3)4/h11-12H,6-10,16H2,1-5H3/t11-,12-/m0/s1. The van der Waals surface area contributed by atoms with Crippen LogP contribution in [0.25, 0.3) is 0 Å². The molecule has 6 nitrogen and oxygen atoms in total. The summed E-state index contributed by atoms with van der Waals surface area (Å²) in [6.45, 7) is 9.27. The Kier molecular flexibility index (Phi) is 6.01. The lowest BCUT2D eigenvalue weighted by molar-refractivity contribution is -0.134. The highest BCUT2D eigenvalue weighted by Gasteiger charge is 2.28. The highest BCUT2D eigenvalue weighted by atomic mass is 16.6. The minimum atomic E-state index is -0.491. The lowest BCUT2D eigenvalue weighted by Crippen LogP contribution is -2.49. The van der Waals surface area contributed by atoms with Gasteiger partial charge < -0.3 is 20.3 Å². The fourth-order valence-electron chi connectivity index (χ4n) is 2.50. The third-order valence-corrected chi connectivity index (χ3v) is 3.46. The molecule has 1 fully saturated rings. The molecule has 6 heteroatoms. The highest BCUT2D eigenvalue weighted by molar-refractivity contribution is 5.81. The van der Waals surface area contributed by atoms with Gasteiger partial charge in [-0.1, -0.05) is 0 Å². The Morgan fingerprint density at radius 1 is 1.43 bits per heavy atom. The molecule has 0 saturated carbocycles. The first-order chi connectivity index (χ1) is 9.60. The number of ether oxygens (including phenoxy) is 1. The molecule has 2 atom stereocenters. The maximum Gasteiger partial charge on any atom is 0.410 e. The van der Waals surface area contributed by atoms with Gasteiger partial charge in [-0.05, 0) is 46.5 Å². The Bertz CT molecular complexity index is 377. The van der Waals surface area contributed by atoms with E-state index in [1.807, 2.05) is 25.7 Å². The van der Waals surface area contributed by atoms with E-state index in [0.29, 0.717) is 13.1 Å². The Labute approximate surface area is 127 Å². The molecule has 0 unspecified atom stereocenters. The molecule has 21 heavy (non-hydrogen) atoms. The average Bonchev–Trinajstić information content (AvgIpc) is 2.36. The molecule has 0 aromatic carbocycles. The molecule has 1 aliphatic heterocycles. The summed E-state index contributed by atoms with van der Waals surface area (Å²) in [6.07, 6.45) is 1.64. The number of carbonyl (C=O) groups is 2. The smallest absolute Gasteiger partial charge is 0.410 e. The summed E-state index contributed by atoms with van der Waals surface area (Å²) in [7, 11) is 1.74. The van der Waals surface area contributed by atoms with Gasteiger partial charge in [0.25, 0.3) is 0 Å². The molecule has 0 aromatic heterocycles. The second-order valence-corrected chi connectivity index (χ2v) is 6.94. The third kappa shape index (κ3) is 5.91. The molecule has 0 aliphatic carbocycles. The third-order valence-electron chi connectivity index (χ3n) is 3.46. The number of amides is 2. The van der Waals surface area contributed by atoms with E-state index in [4.69, 9.17) is 10.5 Å². The molecular formula is C15H29N3O3. The second kappa shape index (κ2) is 7.11. The topological polar surface area (TPSA) is 75.9 Å². The summed E-state index contributed by atoms with van der Waals surface area (Å²) in [4.78, 5) is 27.3. The molecule has 2 amide bonds. The van der Waals surface area contributed by atoms with E-state index < -0.39 is 11.6 Å². The molecule has 0 spiro atoms. The molecule has 1 rings (SSSR count). The lowest BCUT2D eigenvalue weighted by Gasteiger charge is -2.35. The van der Waals surface area contributed by atoms with Crippen LogP contribution in [0.4, 0.5) is 4.79 Å². The molecule has 0 radical (unpaired) electrons. The minimum absolute atomic E-state index is 0.0142. The number of likely N-dealkylation sites (tertiary alicyclic amines) is 1. The van der Waals surface area contributed by atoms with Crippen LogP contribution < -0.4 is 5.73 Å². The predicted octanol–water partition coefficient (Wildman–Crippen LogP) is 1.44. The summed E-state index contributed by atoms with van der Waals surface area (Å²) in [5.74, 6) is 0.263. The van der Waals surface area contributed by atoms with E-state index in [0.717, 1.165) is 19.4 Å². The van der Waals surface area contributed by atoms with Crippen LogP contribution in [-0.4, -0.2) is 60.1 Å². The number of carbonyl (C=O) groups excluding carboxylic acids is 2. The summed E-state index contributed by atoms with van der Waals surface area (Å²) >= 11 is 0. The van der Waals surface area contributed by atoms with Gasteiger partial charge in [-0.15, -0.1) is 0 Å². The Morgan fingerprint density at radius 3 is 2.57 bits per heavy atom. The van der Waals surface area contributed by atoms with E-state index in [2.05, 4.69) is 0 Å². The normalized spacial score (nSPS) is 20.9. The molecule has 1 heterocycles. The van der Waals surface area contributed by atoms with Crippen molar-refractivity contribution in [1.82, 2.24) is 9.80 Å². The Balaban J connectivity index is 2.50. The van der Waals surface area contributed by atoms with Gasteiger partial charge in [0.15, 0.2) is 0 Å². The van der Waals surface area contributed by atoms with Crippen molar-refractivity contribution < 1.29 is 14.3 Å². The fraction of sp³-hybridized carbons (Fsp3) is 0.867. The monoisotopic (exact) mass is 299 g/mol. The van der Waals surface area contributed by atoms with Crippen molar-refractivity contribution in [3.63, 3.8) is 0 Å². The van der Waals surface area contributed by atoms with E-state index in [1.54, 1.807) is 18.9 Å². The summed E-state index contributed by atoms with van der Waals surface area (Å²) < 4.78 is 5.34. The maximum absolute atomic E-state index is 12.0. The summed E-state index contributed by atoms with van der Waals surface area (Å²) in [6, 6.07) is -0.465. The largest absolute Gasteiger partial charge is 0.444 e. The number of piperidine rings is 1. The van der Waals surface area contributed by atoms with E-state index >= 15 is 0 Å². The molecule has 2 N–H and O–H groups in total. The van der Waals surface area contributed by atoms with Gasteiger partial charge in [-0.2, -0.15) is 0 Å². The quantitative estimate of drug-likeness (QED) is 0.855. The van der Waals surface area contributed by atoms with Gasteiger partial charge in [-0.25, -0.2) is 4.79 Å². The first-order valence-corrected chi connectivity index (χ1v) is 7.58. The van der Waals surface area contributed by atoms with Crippen LogP contribution in [0.2, 0.25) is 0 Å². The van der Waals surface area contributed by atoms with Gasteiger partial charge in [0.2, 0.25) is 5.91 Å². The van der Waals surface area contributed by atoms with Crippen LogP contribution in [0.5, 0.6) is 0 Å². The van der Waals surface area contributed by atoms with E-state index in [-0.39, 0.29) is 17.9 Å². The second-order valence-electron chi connectivity index (χ2n) is 6.94. The van der Waals surface area contributed by atoms with Crippen LogP contribution in [0.3, 0.4) is 0 Å². The van der Waals surface area contributed by atoms with E-state index in [1.165, 1.54) is 0 Å². The highest BCUT2D eigenvalue weighted by Crippen LogP contribution is 2.19. The summed E-state index contributed by atoms with van der Waals surface area (Å²) in [5, 5.41) is 0. The van der Waals surface area contributed by atoms with Crippen molar-refractivity contribution in [2.75, 3.05) is 26.7 Å². The number of hydrogen-bond donors (Lipinski definition) is 1. The van der Waals surface area contributed by atoms with Crippen molar-refractivity contribution in [2.24, 2.45) is 11.7 Å². The lowest BCUT2D eigenvalue weighted by atomic mass is 9.97. The zero-order chi connectivity index (χ0) is 16.2. The fourth-order valence-corrected chi connectivity index (χ4v) is 2.50.